The first-order valence-electron chi connectivity index (χ1n) is 4.76. The lowest BCUT2D eigenvalue weighted by molar-refractivity contribution is 0.0941. The lowest BCUT2D eigenvalue weighted by Crippen LogP contribution is -2.34. The Morgan fingerprint density at radius 1 is 1.60 bits per heavy atom. The van der Waals surface area contributed by atoms with Crippen molar-refractivity contribution in [1.29, 1.82) is 0 Å². The van der Waals surface area contributed by atoms with Gasteiger partial charge in [0.2, 0.25) is 0 Å². The van der Waals surface area contributed by atoms with Gasteiger partial charge in [-0.25, -0.2) is 4.98 Å². The Hall–Kier alpha value is -0.740. The van der Waals surface area contributed by atoms with E-state index in [9.17, 15) is 4.79 Å². The molecule has 1 N–H and O–H groups in total. The van der Waals surface area contributed by atoms with Crippen molar-refractivity contribution >= 4 is 29.3 Å². The molecule has 0 spiro atoms. The van der Waals surface area contributed by atoms with Crippen LogP contribution in [0.1, 0.15) is 16.8 Å². The Morgan fingerprint density at radius 3 is 3.07 bits per heavy atom. The van der Waals surface area contributed by atoms with Gasteiger partial charge in [0.15, 0.2) is 0 Å². The van der Waals surface area contributed by atoms with Gasteiger partial charge in [-0.1, -0.05) is 11.6 Å². The number of carbonyl (C=O) groups excluding carboxylic acids is 1. The third kappa shape index (κ3) is 2.86. The van der Waals surface area contributed by atoms with Crippen molar-refractivity contribution in [1.82, 2.24) is 10.3 Å². The van der Waals surface area contributed by atoms with Crippen molar-refractivity contribution in [3.05, 3.63) is 29.0 Å². The Morgan fingerprint density at radius 2 is 2.47 bits per heavy atom. The number of carbonyl (C=O) groups is 1. The highest BCUT2D eigenvalue weighted by Gasteiger charge is 2.18. The van der Waals surface area contributed by atoms with Gasteiger partial charge in [0.05, 0.1) is 5.56 Å². The molecule has 3 nitrogen and oxygen atoms in total. The molecule has 0 saturated carbocycles. The largest absolute Gasteiger partial charge is 0.348 e. The van der Waals surface area contributed by atoms with Crippen LogP contribution < -0.4 is 5.32 Å². The average molecular weight is 243 g/mol. The van der Waals surface area contributed by atoms with Crippen LogP contribution in [0.5, 0.6) is 0 Å². The highest BCUT2D eigenvalue weighted by molar-refractivity contribution is 7.99. The molecule has 15 heavy (non-hydrogen) atoms. The van der Waals surface area contributed by atoms with Gasteiger partial charge in [-0.2, -0.15) is 11.8 Å². The summed E-state index contributed by atoms with van der Waals surface area (Å²) in [6.07, 6.45) is 2.55. The van der Waals surface area contributed by atoms with E-state index in [-0.39, 0.29) is 5.91 Å². The zero-order valence-electron chi connectivity index (χ0n) is 8.07. The average Bonchev–Trinajstić information content (AvgIpc) is 2.71. The summed E-state index contributed by atoms with van der Waals surface area (Å²) < 4.78 is 0. The fourth-order valence-electron chi connectivity index (χ4n) is 1.43. The van der Waals surface area contributed by atoms with Gasteiger partial charge in [-0.15, -0.1) is 0 Å². The van der Waals surface area contributed by atoms with Crippen molar-refractivity contribution in [2.45, 2.75) is 12.5 Å². The predicted octanol–water partition coefficient (Wildman–Crippen LogP) is 1.97. The summed E-state index contributed by atoms with van der Waals surface area (Å²) in [5.41, 5.74) is 0.566. The second-order valence-electron chi connectivity index (χ2n) is 3.40. The molecule has 0 bridgehead atoms. The standard InChI is InChI=1S/C10H11ClN2OS/c11-9-2-1-7(5-12-9)10(14)13-8-3-4-15-6-8/h1-2,5,8H,3-4,6H2,(H,13,14). The molecule has 1 aromatic heterocycles. The zero-order valence-corrected chi connectivity index (χ0v) is 9.64. The van der Waals surface area contributed by atoms with E-state index in [4.69, 9.17) is 11.6 Å². The van der Waals surface area contributed by atoms with E-state index in [1.807, 2.05) is 11.8 Å². The van der Waals surface area contributed by atoms with E-state index in [1.54, 1.807) is 12.1 Å². The second-order valence-corrected chi connectivity index (χ2v) is 4.94. The van der Waals surface area contributed by atoms with Gasteiger partial charge >= 0.3 is 0 Å². The molecule has 5 heteroatoms. The monoisotopic (exact) mass is 242 g/mol. The molecule has 0 aliphatic carbocycles. The summed E-state index contributed by atoms with van der Waals surface area (Å²) in [7, 11) is 0. The number of nitrogens with zero attached hydrogens (tertiary/aromatic N) is 1. The predicted molar refractivity (Wildman–Crippen MR) is 62.4 cm³/mol. The third-order valence-electron chi connectivity index (χ3n) is 2.25. The quantitative estimate of drug-likeness (QED) is 0.807. The van der Waals surface area contributed by atoms with Gasteiger partial charge in [0.1, 0.15) is 5.15 Å². The molecule has 1 unspecified atom stereocenters. The number of halogens is 1. The minimum atomic E-state index is -0.0633. The van der Waals surface area contributed by atoms with E-state index in [2.05, 4.69) is 10.3 Å². The number of aromatic nitrogens is 1. The molecule has 1 atom stereocenters. The topological polar surface area (TPSA) is 42.0 Å². The van der Waals surface area contributed by atoms with E-state index >= 15 is 0 Å². The number of rotatable bonds is 2. The van der Waals surface area contributed by atoms with Crippen molar-refractivity contribution in [3.63, 3.8) is 0 Å². The normalized spacial score (nSPS) is 20.2. The van der Waals surface area contributed by atoms with Crippen LogP contribution in [0, 0.1) is 0 Å². The molecule has 2 rings (SSSR count). The first-order chi connectivity index (χ1) is 7.25. The van der Waals surface area contributed by atoms with Crippen molar-refractivity contribution in [2.75, 3.05) is 11.5 Å². The maximum absolute atomic E-state index is 11.7. The Bertz CT molecular complexity index is 349. The van der Waals surface area contributed by atoms with Gasteiger partial charge in [-0.05, 0) is 24.3 Å². The van der Waals surface area contributed by atoms with Gasteiger partial charge in [-0.3, -0.25) is 4.79 Å². The number of pyridine rings is 1. The van der Waals surface area contributed by atoms with Crippen LogP contribution in [0.25, 0.3) is 0 Å². The number of thioether (sulfide) groups is 1. The van der Waals surface area contributed by atoms with Crippen molar-refractivity contribution in [2.24, 2.45) is 0 Å². The molecule has 1 amide bonds. The minimum absolute atomic E-state index is 0.0633. The Kier molecular flexibility index (Phi) is 3.49. The Balaban J connectivity index is 1.98. The summed E-state index contributed by atoms with van der Waals surface area (Å²) in [5.74, 6) is 2.07. The molecule has 1 aromatic rings. The summed E-state index contributed by atoms with van der Waals surface area (Å²) in [5, 5.41) is 3.38. The summed E-state index contributed by atoms with van der Waals surface area (Å²) >= 11 is 7.51. The summed E-state index contributed by atoms with van der Waals surface area (Å²) in [6, 6.07) is 3.62. The molecule has 1 fully saturated rings. The first kappa shape index (κ1) is 10.8. The molecule has 0 aromatic carbocycles. The fraction of sp³-hybridized carbons (Fsp3) is 0.400. The fourth-order valence-corrected chi connectivity index (χ4v) is 2.69. The minimum Gasteiger partial charge on any atom is -0.348 e. The maximum Gasteiger partial charge on any atom is 0.253 e. The van der Waals surface area contributed by atoms with Gasteiger partial charge < -0.3 is 5.32 Å². The second kappa shape index (κ2) is 4.86. The van der Waals surface area contributed by atoms with E-state index in [1.165, 1.54) is 6.20 Å². The third-order valence-corrected chi connectivity index (χ3v) is 3.64. The molecule has 80 valence electrons. The van der Waals surface area contributed by atoms with Crippen LogP contribution in [0.15, 0.2) is 18.3 Å². The van der Waals surface area contributed by atoms with Gasteiger partial charge in [0, 0.05) is 18.0 Å². The Labute approximate surface area is 97.6 Å². The number of amides is 1. The van der Waals surface area contributed by atoms with Crippen LogP contribution >= 0.6 is 23.4 Å². The molecule has 1 aliphatic heterocycles. The first-order valence-corrected chi connectivity index (χ1v) is 6.29. The molecular formula is C10H11ClN2OS. The maximum atomic E-state index is 11.7. The van der Waals surface area contributed by atoms with Crippen molar-refractivity contribution in [3.8, 4) is 0 Å². The van der Waals surface area contributed by atoms with Crippen LogP contribution in [0.2, 0.25) is 5.15 Å². The van der Waals surface area contributed by atoms with Crippen LogP contribution in [0.3, 0.4) is 0 Å². The number of hydrogen-bond donors (Lipinski definition) is 1. The number of nitrogens with one attached hydrogen (secondary N) is 1. The van der Waals surface area contributed by atoms with Crippen LogP contribution in [-0.2, 0) is 0 Å². The lowest BCUT2D eigenvalue weighted by Gasteiger charge is -2.10. The summed E-state index contributed by atoms with van der Waals surface area (Å²) in [4.78, 5) is 15.6. The molecule has 2 heterocycles. The summed E-state index contributed by atoms with van der Waals surface area (Å²) in [6.45, 7) is 0. The van der Waals surface area contributed by atoms with E-state index in [0.717, 1.165) is 17.9 Å². The highest BCUT2D eigenvalue weighted by atomic mass is 35.5. The van der Waals surface area contributed by atoms with Crippen LogP contribution in [-0.4, -0.2) is 28.4 Å². The van der Waals surface area contributed by atoms with Gasteiger partial charge in [0.25, 0.3) is 5.91 Å². The van der Waals surface area contributed by atoms with Crippen molar-refractivity contribution < 1.29 is 4.79 Å². The van der Waals surface area contributed by atoms with E-state index < -0.39 is 0 Å². The molecular weight excluding hydrogens is 232 g/mol. The SMILES string of the molecule is O=C(NC1CCSC1)c1ccc(Cl)nc1. The molecule has 0 radical (unpaired) electrons. The van der Waals surface area contributed by atoms with E-state index in [0.29, 0.717) is 16.8 Å². The smallest absolute Gasteiger partial charge is 0.253 e. The molecule has 1 saturated heterocycles. The molecule has 1 aliphatic rings. The lowest BCUT2D eigenvalue weighted by atomic mass is 10.2. The highest BCUT2D eigenvalue weighted by Crippen LogP contribution is 2.17. The zero-order chi connectivity index (χ0) is 10.7. The van der Waals surface area contributed by atoms with Crippen LogP contribution in [0.4, 0.5) is 0 Å². The number of hydrogen-bond acceptors (Lipinski definition) is 3.